The normalized spacial score (nSPS) is 10.1. The monoisotopic (exact) mass is 236 g/mol. The van der Waals surface area contributed by atoms with E-state index < -0.39 is 5.97 Å². The van der Waals surface area contributed by atoms with E-state index in [2.05, 4.69) is 15.8 Å². The number of carboxylic acid groups (broad SMARTS) is 1. The van der Waals surface area contributed by atoms with Gasteiger partial charge in [-0.2, -0.15) is 5.10 Å². The van der Waals surface area contributed by atoms with Crippen molar-refractivity contribution in [2.75, 3.05) is 7.05 Å². The van der Waals surface area contributed by atoms with Gasteiger partial charge in [0.15, 0.2) is 5.11 Å². The molecule has 0 heterocycles. The minimum atomic E-state index is -1.20. The van der Waals surface area contributed by atoms with Crippen molar-refractivity contribution in [1.29, 1.82) is 0 Å². The van der Waals surface area contributed by atoms with Crippen LogP contribution >= 0.6 is 12.2 Å². The zero-order chi connectivity index (χ0) is 12.0. The topological polar surface area (TPSA) is 76.5 Å². The molecular formula is C10H10N3O2S-. The molecule has 1 aromatic rings. The van der Waals surface area contributed by atoms with Gasteiger partial charge in [-0.15, -0.1) is 0 Å². The van der Waals surface area contributed by atoms with Gasteiger partial charge in [-0.25, -0.2) is 0 Å². The Hall–Kier alpha value is -1.95. The Balaban J connectivity index is 2.61. The van der Waals surface area contributed by atoms with E-state index in [1.165, 1.54) is 18.3 Å². The standard InChI is InChI=1S/C10H11N3O2S/c1-11-10(16)13-12-6-7-2-4-8(5-3-7)9(14)15/h2-6H,1H3,(H,14,15)(H2,11,13,16)/p-1/b12-6+. The second kappa shape index (κ2) is 5.82. The first-order valence-electron chi connectivity index (χ1n) is 4.45. The van der Waals surface area contributed by atoms with Gasteiger partial charge in [-0.05, 0) is 23.3 Å². The van der Waals surface area contributed by atoms with Crippen molar-refractivity contribution in [3.05, 3.63) is 35.4 Å². The fourth-order valence-corrected chi connectivity index (χ4v) is 0.979. The lowest BCUT2D eigenvalue weighted by Crippen LogP contribution is -2.28. The quantitative estimate of drug-likeness (QED) is 0.419. The van der Waals surface area contributed by atoms with E-state index in [1.807, 2.05) is 0 Å². The summed E-state index contributed by atoms with van der Waals surface area (Å²) < 4.78 is 0. The van der Waals surface area contributed by atoms with E-state index in [0.717, 1.165) is 5.56 Å². The highest BCUT2D eigenvalue weighted by atomic mass is 32.1. The van der Waals surface area contributed by atoms with Gasteiger partial charge in [-0.3, -0.25) is 5.43 Å². The number of hydrogen-bond donors (Lipinski definition) is 2. The maximum Gasteiger partial charge on any atom is 0.186 e. The number of thiocarbonyl (C=S) groups is 1. The Morgan fingerprint density at radius 1 is 1.44 bits per heavy atom. The number of nitrogens with zero attached hydrogens (tertiary/aromatic N) is 1. The number of aromatic carboxylic acids is 1. The number of carboxylic acids is 1. The molecule has 0 bridgehead atoms. The molecule has 0 saturated carbocycles. The number of rotatable bonds is 3. The molecule has 84 valence electrons. The number of nitrogens with one attached hydrogen (secondary N) is 2. The molecule has 16 heavy (non-hydrogen) atoms. The summed E-state index contributed by atoms with van der Waals surface area (Å²) in [5.41, 5.74) is 3.47. The smallest absolute Gasteiger partial charge is 0.186 e. The SMILES string of the molecule is CNC(=S)N/N=C/c1ccc(C(=O)[O-])cc1. The van der Waals surface area contributed by atoms with Crippen LogP contribution in [0.5, 0.6) is 0 Å². The zero-order valence-corrected chi connectivity index (χ0v) is 9.38. The van der Waals surface area contributed by atoms with Gasteiger partial charge in [0, 0.05) is 7.05 Å². The summed E-state index contributed by atoms with van der Waals surface area (Å²) in [5.74, 6) is -1.20. The molecule has 0 radical (unpaired) electrons. The van der Waals surface area contributed by atoms with Crippen LogP contribution in [0.3, 0.4) is 0 Å². The summed E-state index contributed by atoms with van der Waals surface area (Å²) in [6.07, 6.45) is 1.53. The molecule has 0 aliphatic carbocycles. The van der Waals surface area contributed by atoms with Crippen LogP contribution in [-0.4, -0.2) is 24.3 Å². The predicted octanol–water partition coefficient (Wildman–Crippen LogP) is -0.522. The molecule has 0 atom stereocenters. The molecule has 0 unspecified atom stereocenters. The predicted molar refractivity (Wildman–Crippen MR) is 63.2 cm³/mol. The van der Waals surface area contributed by atoms with Crippen LogP contribution in [0.2, 0.25) is 0 Å². The second-order valence-electron chi connectivity index (χ2n) is 2.86. The summed E-state index contributed by atoms with van der Waals surface area (Å²) in [6, 6.07) is 6.15. The fourth-order valence-electron chi connectivity index (χ4n) is 0.927. The largest absolute Gasteiger partial charge is 0.545 e. The highest BCUT2D eigenvalue weighted by Crippen LogP contribution is 2.00. The average Bonchev–Trinajstić information content (AvgIpc) is 2.29. The maximum atomic E-state index is 10.5. The van der Waals surface area contributed by atoms with Crippen molar-refractivity contribution in [3.63, 3.8) is 0 Å². The lowest BCUT2D eigenvalue weighted by molar-refractivity contribution is -0.255. The Bertz CT molecular complexity index is 415. The first kappa shape index (κ1) is 12.1. The van der Waals surface area contributed by atoms with E-state index in [0.29, 0.717) is 5.11 Å². The van der Waals surface area contributed by atoms with Gasteiger partial charge in [0.2, 0.25) is 0 Å². The number of carbonyl (C=O) groups is 1. The summed E-state index contributed by atoms with van der Waals surface area (Å²) in [7, 11) is 1.68. The van der Waals surface area contributed by atoms with E-state index in [9.17, 15) is 9.90 Å². The number of benzene rings is 1. The molecular weight excluding hydrogens is 226 g/mol. The fraction of sp³-hybridized carbons (Fsp3) is 0.100. The number of hydrogen-bond acceptors (Lipinski definition) is 4. The molecule has 0 aromatic heterocycles. The summed E-state index contributed by atoms with van der Waals surface area (Å²) in [4.78, 5) is 10.5. The third-order valence-corrected chi connectivity index (χ3v) is 2.05. The molecule has 2 N–H and O–H groups in total. The van der Waals surface area contributed by atoms with E-state index in [-0.39, 0.29) is 5.56 Å². The molecule has 6 heteroatoms. The van der Waals surface area contributed by atoms with Crippen molar-refractivity contribution >= 4 is 29.5 Å². The van der Waals surface area contributed by atoms with E-state index in [1.54, 1.807) is 19.2 Å². The van der Waals surface area contributed by atoms with Crippen LogP contribution in [0, 0.1) is 0 Å². The van der Waals surface area contributed by atoms with Gasteiger partial charge in [0.1, 0.15) is 0 Å². The lowest BCUT2D eigenvalue weighted by Gasteiger charge is -2.02. The van der Waals surface area contributed by atoms with E-state index in [4.69, 9.17) is 12.2 Å². The minimum absolute atomic E-state index is 0.135. The van der Waals surface area contributed by atoms with Crippen molar-refractivity contribution in [1.82, 2.24) is 10.7 Å². The van der Waals surface area contributed by atoms with Crippen molar-refractivity contribution in [3.8, 4) is 0 Å². The van der Waals surface area contributed by atoms with Crippen LogP contribution in [0.25, 0.3) is 0 Å². The number of carbonyl (C=O) groups excluding carboxylic acids is 1. The maximum absolute atomic E-state index is 10.5. The van der Waals surface area contributed by atoms with Crippen molar-refractivity contribution in [2.24, 2.45) is 5.10 Å². The van der Waals surface area contributed by atoms with E-state index >= 15 is 0 Å². The van der Waals surface area contributed by atoms with Gasteiger partial charge in [0.25, 0.3) is 0 Å². The summed E-state index contributed by atoms with van der Waals surface area (Å²) in [5, 5.41) is 17.4. The van der Waals surface area contributed by atoms with Crippen LogP contribution < -0.4 is 15.8 Å². The van der Waals surface area contributed by atoms with Gasteiger partial charge in [0.05, 0.1) is 12.2 Å². The van der Waals surface area contributed by atoms with Crippen LogP contribution in [0.4, 0.5) is 0 Å². The molecule has 0 aliphatic heterocycles. The summed E-state index contributed by atoms with van der Waals surface area (Å²) in [6.45, 7) is 0. The molecule has 1 aromatic carbocycles. The summed E-state index contributed by atoms with van der Waals surface area (Å²) >= 11 is 4.80. The Morgan fingerprint density at radius 2 is 2.06 bits per heavy atom. The zero-order valence-electron chi connectivity index (χ0n) is 8.56. The van der Waals surface area contributed by atoms with Gasteiger partial charge < -0.3 is 15.2 Å². The lowest BCUT2D eigenvalue weighted by atomic mass is 10.1. The van der Waals surface area contributed by atoms with Gasteiger partial charge in [-0.1, -0.05) is 24.3 Å². The molecule has 0 saturated heterocycles. The van der Waals surface area contributed by atoms with Crippen LogP contribution in [0.1, 0.15) is 15.9 Å². The Kier molecular flexibility index (Phi) is 4.41. The van der Waals surface area contributed by atoms with Crippen molar-refractivity contribution < 1.29 is 9.90 Å². The Morgan fingerprint density at radius 3 is 2.56 bits per heavy atom. The highest BCUT2D eigenvalue weighted by Gasteiger charge is 1.92. The molecule has 0 fully saturated rings. The third-order valence-electron chi connectivity index (χ3n) is 1.75. The molecule has 0 spiro atoms. The first-order valence-corrected chi connectivity index (χ1v) is 4.86. The minimum Gasteiger partial charge on any atom is -0.545 e. The third kappa shape index (κ3) is 3.66. The number of hydrazone groups is 1. The molecule has 1 rings (SSSR count). The Labute approximate surface area is 98.2 Å². The first-order chi connectivity index (χ1) is 7.63. The molecule has 0 amide bonds. The van der Waals surface area contributed by atoms with Crippen LogP contribution in [0.15, 0.2) is 29.4 Å². The van der Waals surface area contributed by atoms with Crippen molar-refractivity contribution in [2.45, 2.75) is 0 Å². The highest BCUT2D eigenvalue weighted by molar-refractivity contribution is 7.80. The molecule has 0 aliphatic rings. The van der Waals surface area contributed by atoms with Gasteiger partial charge >= 0.3 is 0 Å². The van der Waals surface area contributed by atoms with Crippen LogP contribution in [-0.2, 0) is 0 Å². The molecule has 5 nitrogen and oxygen atoms in total. The second-order valence-corrected chi connectivity index (χ2v) is 3.27. The average molecular weight is 236 g/mol.